The number of halogens is 2. The number of ether oxygens (including phenoxy) is 3. The maximum Gasteiger partial charge on any atom is 0.320 e. The summed E-state index contributed by atoms with van der Waals surface area (Å²) < 4.78 is 15.8. The molecule has 0 aliphatic heterocycles. The minimum Gasteiger partial charge on any atom is -0.494 e. The lowest BCUT2D eigenvalue weighted by Gasteiger charge is -2.18. The number of benzene rings is 3. The van der Waals surface area contributed by atoms with Crippen molar-refractivity contribution < 1.29 is 19.0 Å². The summed E-state index contributed by atoms with van der Waals surface area (Å²) in [6, 6.07) is 22.5. The molecule has 3 aromatic carbocycles. The second-order valence-corrected chi connectivity index (χ2v) is 9.37. The van der Waals surface area contributed by atoms with Gasteiger partial charge in [-0.25, -0.2) is 0 Å². The summed E-state index contributed by atoms with van der Waals surface area (Å²) in [6.45, 7) is 4.59. The first-order valence-electron chi connectivity index (χ1n) is 10.5. The fraction of sp³-hybridized carbons (Fsp3) is 0.269. The Bertz CT molecular complexity index is 1090. The Balaban J connectivity index is 1.44. The van der Waals surface area contributed by atoms with E-state index in [0.717, 1.165) is 22.6 Å². The molecule has 0 radical (unpaired) electrons. The van der Waals surface area contributed by atoms with Gasteiger partial charge in [-0.15, -0.1) is 0 Å². The van der Waals surface area contributed by atoms with Gasteiger partial charge in [-0.2, -0.15) is 0 Å². The molecule has 32 heavy (non-hydrogen) atoms. The fourth-order valence-corrected chi connectivity index (χ4v) is 4.43. The van der Waals surface area contributed by atoms with Gasteiger partial charge in [0.1, 0.15) is 33.6 Å². The summed E-state index contributed by atoms with van der Waals surface area (Å²) in [6.07, 6.45) is 0.298. The van der Waals surface area contributed by atoms with Crippen LogP contribution in [-0.2, 0) is 21.6 Å². The molecule has 1 saturated carbocycles. The topological polar surface area (TPSA) is 44.8 Å². The fourth-order valence-electron chi connectivity index (χ4n) is 3.66. The van der Waals surface area contributed by atoms with Crippen LogP contribution < -0.4 is 9.47 Å². The first-order chi connectivity index (χ1) is 15.3. The monoisotopic (exact) mass is 470 g/mol. The highest BCUT2D eigenvalue weighted by Crippen LogP contribution is 2.65. The lowest BCUT2D eigenvalue weighted by molar-refractivity contribution is -0.148. The van der Waals surface area contributed by atoms with E-state index in [9.17, 15) is 4.79 Å². The number of aryl methyl sites for hydroxylation is 1. The average molecular weight is 471 g/mol. The smallest absolute Gasteiger partial charge is 0.320 e. The van der Waals surface area contributed by atoms with E-state index in [0.29, 0.717) is 24.3 Å². The van der Waals surface area contributed by atoms with Gasteiger partial charge in [0.2, 0.25) is 0 Å². The summed E-state index contributed by atoms with van der Waals surface area (Å²) in [5, 5.41) is 0. The zero-order valence-corrected chi connectivity index (χ0v) is 19.5. The summed E-state index contributed by atoms with van der Waals surface area (Å²) in [5.41, 5.74) is 1.60. The predicted octanol–water partition coefficient (Wildman–Crippen LogP) is 6.74. The first-order valence-corrected chi connectivity index (χ1v) is 11.2. The van der Waals surface area contributed by atoms with Crippen LogP contribution >= 0.6 is 23.2 Å². The van der Waals surface area contributed by atoms with Crippen LogP contribution in [0.4, 0.5) is 0 Å². The number of hydrogen-bond acceptors (Lipinski definition) is 4. The van der Waals surface area contributed by atoms with E-state index in [-0.39, 0.29) is 6.61 Å². The first kappa shape index (κ1) is 22.5. The van der Waals surface area contributed by atoms with E-state index in [4.69, 9.17) is 37.4 Å². The summed E-state index contributed by atoms with van der Waals surface area (Å²) in [4.78, 5) is 13.1. The molecule has 0 N–H and O–H groups in total. The molecule has 1 unspecified atom stereocenters. The molecule has 4 nitrogen and oxygen atoms in total. The summed E-state index contributed by atoms with van der Waals surface area (Å²) in [7, 11) is 0. The van der Waals surface area contributed by atoms with E-state index >= 15 is 0 Å². The van der Waals surface area contributed by atoms with Gasteiger partial charge in [0.25, 0.3) is 0 Å². The lowest BCUT2D eigenvalue weighted by atomic mass is 9.96. The molecule has 0 heterocycles. The predicted molar refractivity (Wildman–Crippen MR) is 126 cm³/mol. The van der Waals surface area contributed by atoms with Crippen LogP contribution in [0, 0.1) is 6.92 Å². The Labute approximate surface area is 198 Å². The molecule has 1 atom stereocenters. The lowest BCUT2D eigenvalue weighted by Crippen LogP contribution is -2.28. The highest BCUT2D eigenvalue weighted by molar-refractivity contribution is 6.54. The van der Waals surface area contributed by atoms with E-state index < -0.39 is 15.7 Å². The van der Waals surface area contributed by atoms with Gasteiger partial charge >= 0.3 is 5.97 Å². The zero-order valence-electron chi connectivity index (χ0n) is 17.9. The van der Waals surface area contributed by atoms with Crippen molar-refractivity contribution in [3.63, 3.8) is 0 Å². The molecule has 0 aromatic heterocycles. The molecule has 3 aromatic rings. The SMILES string of the molecule is CCOc1ccc(C2(C(=O)OCc3cccc(Oc4ccc(C)cc4)c3)CC2(Cl)Cl)cc1. The van der Waals surface area contributed by atoms with Crippen molar-refractivity contribution in [2.45, 2.75) is 36.6 Å². The van der Waals surface area contributed by atoms with Crippen molar-refractivity contribution in [3.05, 3.63) is 89.5 Å². The molecule has 0 saturated heterocycles. The van der Waals surface area contributed by atoms with Crippen LogP contribution in [0.3, 0.4) is 0 Å². The average Bonchev–Trinajstić information content (AvgIpc) is 3.38. The van der Waals surface area contributed by atoms with Gasteiger partial charge in [0.05, 0.1) is 6.61 Å². The maximum atomic E-state index is 13.1. The van der Waals surface area contributed by atoms with Crippen molar-refractivity contribution in [3.8, 4) is 17.2 Å². The van der Waals surface area contributed by atoms with Gasteiger partial charge < -0.3 is 14.2 Å². The largest absolute Gasteiger partial charge is 0.494 e. The van der Waals surface area contributed by atoms with Crippen LogP contribution in [-0.4, -0.2) is 16.9 Å². The van der Waals surface area contributed by atoms with E-state index in [1.165, 1.54) is 0 Å². The van der Waals surface area contributed by atoms with E-state index in [2.05, 4.69) is 0 Å². The van der Waals surface area contributed by atoms with Gasteiger partial charge in [0.15, 0.2) is 0 Å². The number of carbonyl (C=O) groups excluding carboxylic acids is 1. The standard InChI is InChI=1S/C26H24Cl2O4/c1-3-30-21-13-9-20(10-14-21)25(17-26(25,27)28)24(29)31-16-19-5-4-6-23(15-19)32-22-11-7-18(2)8-12-22/h4-15H,3,16-17H2,1-2H3. The van der Waals surface area contributed by atoms with Crippen LogP contribution in [0.15, 0.2) is 72.8 Å². The van der Waals surface area contributed by atoms with Crippen molar-refractivity contribution in [2.75, 3.05) is 6.61 Å². The Kier molecular flexibility index (Phi) is 6.36. The Morgan fingerprint density at radius 1 is 0.938 bits per heavy atom. The molecule has 0 spiro atoms. The molecular formula is C26H24Cl2O4. The van der Waals surface area contributed by atoms with E-state index in [1.807, 2.05) is 86.6 Å². The Hall–Kier alpha value is -2.69. The van der Waals surface area contributed by atoms with Gasteiger partial charge in [0, 0.05) is 6.42 Å². The van der Waals surface area contributed by atoms with Gasteiger partial charge in [-0.3, -0.25) is 4.79 Å². The quantitative estimate of drug-likeness (QED) is 0.270. The van der Waals surface area contributed by atoms with Crippen LogP contribution in [0.25, 0.3) is 0 Å². The second kappa shape index (κ2) is 9.05. The summed E-state index contributed by atoms with van der Waals surface area (Å²) in [5.74, 6) is 1.68. The molecule has 6 heteroatoms. The van der Waals surface area contributed by atoms with Crippen molar-refractivity contribution in [2.24, 2.45) is 0 Å². The van der Waals surface area contributed by atoms with Crippen molar-refractivity contribution in [1.82, 2.24) is 0 Å². The highest BCUT2D eigenvalue weighted by Gasteiger charge is 2.73. The van der Waals surface area contributed by atoms with Gasteiger partial charge in [-0.1, -0.05) is 65.2 Å². The number of alkyl halides is 2. The van der Waals surface area contributed by atoms with Crippen molar-refractivity contribution >= 4 is 29.2 Å². The third-order valence-corrected chi connectivity index (χ3v) is 6.43. The molecule has 0 amide bonds. The minimum absolute atomic E-state index is 0.0898. The molecule has 4 rings (SSSR count). The molecular weight excluding hydrogens is 447 g/mol. The number of carbonyl (C=O) groups is 1. The number of esters is 1. The number of rotatable bonds is 8. The maximum absolute atomic E-state index is 13.1. The van der Waals surface area contributed by atoms with Crippen LogP contribution in [0.5, 0.6) is 17.2 Å². The Morgan fingerprint density at radius 2 is 1.59 bits per heavy atom. The van der Waals surface area contributed by atoms with E-state index in [1.54, 1.807) is 0 Å². The molecule has 0 bridgehead atoms. The summed E-state index contributed by atoms with van der Waals surface area (Å²) >= 11 is 12.8. The zero-order chi connectivity index (χ0) is 22.8. The van der Waals surface area contributed by atoms with Crippen LogP contribution in [0.1, 0.15) is 30.0 Å². The normalized spacial score (nSPS) is 18.6. The van der Waals surface area contributed by atoms with Crippen molar-refractivity contribution in [1.29, 1.82) is 0 Å². The molecule has 1 aliphatic rings. The minimum atomic E-state index is -1.20. The third-order valence-electron chi connectivity index (χ3n) is 5.52. The van der Waals surface area contributed by atoms with Gasteiger partial charge in [-0.05, 0) is 61.4 Å². The number of hydrogen-bond donors (Lipinski definition) is 0. The molecule has 1 fully saturated rings. The molecule has 1 aliphatic carbocycles. The molecule has 166 valence electrons. The third kappa shape index (κ3) is 4.57. The highest BCUT2D eigenvalue weighted by atomic mass is 35.5. The second-order valence-electron chi connectivity index (χ2n) is 7.88. The van der Waals surface area contributed by atoms with Crippen LogP contribution in [0.2, 0.25) is 0 Å². The Morgan fingerprint density at radius 3 is 2.22 bits per heavy atom.